The second-order valence-electron chi connectivity index (χ2n) is 5.94. The third-order valence-corrected chi connectivity index (χ3v) is 5.74. The Bertz CT molecular complexity index is 796. The molecule has 2 aliphatic rings. The Morgan fingerprint density at radius 3 is 2.42 bits per heavy atom. The first-order valence-electron chi connectivity index (χ1n) is 8.32. The van der Waals surface area contributed by atoms with Crippen molar-refractivity contribution in [2.45, 2.75) is 37.5 Å². The number of benzene rings is 1. The molecule has 3 rings (SSSR count). The van der Waals surface area contributed by atoms with E-state index in [0.717, 1.165) is 35.6 Å². The molecule has 0 aromatic heterocycles. The third kappa shape index (κ3) is 3.50. The highest BCUT2D eigenvalue weighted by atomic mass is 35.5. The van der Waals surface area contributed by atoms with Crippen molar-refractivity contribution in [1.82, 2.24) is 0 Å². The number of anilines is 1. The molecular weight excluding hydrogens is 381 g/mol. The van der Waals surface area contributed by atoms with Gasteiger partial charge in [0.15, 0.2) is 0 Å². The summed E-state index contributed by atoms with van der Waals surface area (Å²) in [5.41, 5.74) is 0.831. The van der Waals surface area contributed by atoms with Crippen molar-refractivity contribution >= 4 is 46.8 Å². The summed E-state index contributed by atoms with van der Waals surface area (Å²) in [6, 6.07) is 2.40. The highest BCUT2D eigenvalue weighted by molar-refractivity contribution is 8.00. The second kappa shape index (κ2) is 7.80. The van der Waals surface area contributed by atoms with E-state index in [2.05, 4.69) is 0 Å². The molecule has 1 aliphatic carbocycles. The van der Waals surface area contributed by atoms with E-state index in [1.165, 1.54) is 6.07 Å². The number of amides is 2. The monoisotopic (exact) mass is 397 g/mol. The topological polar surface area (TPSA) is 63.7 Å². The predicted molar refractivity (Wildman–Crippen MR) is 96.8 cm³/mol. The molecule has 1 aromatic carbocycles. The van der Waals surface area contributed by atoms with Crippen LogP contribution < -0.4 is 4.90 Å². The molecule has 26 heavy (non-hydrogen) atoms. The molecule has 138 valence electrons. The lowest BCUT2D eigenvalue weighted by Gasteiger charge is -2.17. The van der Waals surface area contributed by atoms with Crippen LogP contribution in [0.5, 0.6) is 0 Å². The van der Waals surface area contributed by atoms with Gasteiger partial charge in [-0.3, -0.25) is 14.4 Å². The number of rotatable bonds is 5. The molecule has 5 nitrogen and oxygen atoms in total. The lowest BCUT2D eigenvalue weighted by Crippen LogP contribution is -2.32. The molecule has 1 aliphatic heterocycles. The number of hydrogen-bond acceptors (Lipinski definition) is 5. The quantitative estimate of drug-likeness (QED) is 0.428. The van der Waals surface area contributed by atoms with Gasteiger partial charge in [0.05, 0.1) is 23.1 Å². The average Bonchev–Trinajstić information content (AvgIpc) is 2.86. The number of thioether (sulfide) groups is 1. The number of nitrogens with zero attached hydrogens (tertiary/aromatic N) is 1. The van der Waals surface area contributed by atoms with Gasteiger partial charge in [0.1, 0.15) is 5.82 Å². The molecule has 1 aromatic rings. The van der Waals surface area contributed by atoms with Crippen LogP contribution in [0.4, 0.5) is 10.1 Å². The maximum Gasteiger partial charge on any atom is 0.316 e. The SMILES string of the molecule is CCOC(=O)CSc1cc(N2C(=O)C3=C(CCCC3)C2=O)c(F)cc1Cl. The van der Waals surface area contributed by atoms with E-state index in [4.69, 9.17) is 16.3 Å². The van der Waals surface area contributed by atoms with Gasteiger partial charge < -0.3 is 4.74 Å². The fourth-order valence-corrected chi connectivity index (χ4v) is 4.16. The van der Waals surface area contributed by atoms with Crippen LogP contribution in [-0.2, 0) is 19.1 Å². The third-order valence-electron chi connectivity index (χ3n) is 4.28. The van der Waals surface area contributed by atoms with E-state index in [0.29, 0.717) is 28.9 Å². The number of esters is 1. The van der Waals surface area contributed by atoms with Crippen molar-refractivity contribution in [1.29, 1.82) is 0 Å². The number of carbonyl (C=O) groups is 3. The molecule has 2 amide bonds. The summed E-state index contributed by atoms with van der Waals surface area (Å²) in [5.74, 6) is -2.11. The minimum absolute atomic E-state index is 0.00469. The van der Waals surface area contributed by atoms with Gasteiger partial charge >= 0.3 is 5.97 Å². The van der Waals surface area contributed by atoms with Crippen molar-refractivity contribution in [3.8, 4) is 0 Å². The number of halogens is 2. The summed E-state index contributed by atoms with van der Waals surface area (Å²) in [4.78, 5) is 38.0. The molecule has 0 spiro atoms. The Morgan fingerprint density at radius 2 is 1.85 bits per heavy atom. The van der Waals surface area contributed by atoms with Gasteiger partial charge in [-0.15, -0.1) is 11.8 Å². The molecule has 1 heterocycles. The van der Waals surface area contributed by atoms with Gasteiger partial charge in [-0.1, -0.05) is 11.6 Å². The average molecular weight is 398 g/mol. The summed E-state index contributed by atoms with van der Waals surface area (Å²) in [5, 5.41) is 0.109. The Hall–Kier alpha value is -1.86. The first kappa shape index (κ1) is 18.9. The van der Waals surface area contributed by atoms with Crippen LogP contribution in [-0.4, -0.2) is 30.1 Å². The van der Waals surface area contributed by atoms with Crippen molar-refractivity contribution in [2.75, 3.05) is 17.3 Å². The summed E-state index contributed by atoms with van der Waals surface area (Å²) < 4.78 is 19.3. The molecular formula is C18H17ClFNO4S. The largest absolute Gasteiger partial charge is 0.465 e. The van der Waals surface area contributed by atoms with Gasteiger partial charge in [0.2, 0.25) is 0 Å². The van der Waals surface area contributed by atoms with Crippen LogP contribution in [0.15, 0.2) is 28.2 Å². The molecule has 0 bridgehead atoms. The van der Waals surface area contributed by atoms with E-state index in [1.54, 1.807) is 6.92 Å². The molecule has 0 saturated heterocycles. The van der Waals surface area contributed by atoms with Gasteiger partial charge in [0, 0.05) is 16.0 Å². The maximum absolute atomic E-state index is 14.5. The van der Waals surface area contributed by atoms with Crippen LogP contribution in [0.25, 0.3) is 0 Å². The molecule has 0 unspecified atom stereocenters. The van der Waals surface area contributed by atoms with Crippen LogP contribution in [0.3, 0.4) is 0 Å². The summed E-state index contributed by atoms with van der Waals surface area (Å²) in [6.45, 7) is 1.96. The highest BCUT2D eigenvalue weighted by Crippen LogP contribution is 2.39. The summed E-state index contributed by atoms with van der Waals surface area (Å²) >= 11 is 7.12. The minimum atomic E-state index is -0.753. The lowest BCUT2D eigenvalue weighted by atomic mass is 9.93. The molecule has 0 N–H and O–H groups in total. The maximum atomic E-state index is 14.5. The molecule has 0 radical (unpaired) electrons. The Balaban J connectivity index is 1.88. The fourth-order valence-electron chi connectivity index (χ4n) is 3.10. The fraction of sp³-hybridized carbons (Fsp3) is 0.389. The molecule has 0 fully saturated rings. The van der Waals surface area contributed by atoms with Crippen LogP contribution in [0.2, 0.25) is 5.02 Å². The van der Waals surface area contributed by atoms with E-state index in [9.17, 15) is 18.8 Å². The predicted octanol–water partition coefficient (Wildman–Crippen LogP) is 3.88. The van der Waals surface area contributed by atoms with Crippen LogP contribution >= 0.6 is 23.4 Å². The number of imide groups is 1. The molecule has 0 saturated carbocycles. The van der Waals surface area contributed by atoms with Crippen molar-refractivity contribution in [2.24, 2.45) is 0 Å². The zero-order valence-corrected chi connectivity index (χ0v) is 15.7. The van der Waals surface area contributed by atoms with E-state index < -0.39 is 23.6 Å². The Labute approximate surface area is 159 Å². The van der Waals surface area contributed by atoms with Gasteiger partial charge in [-0.25, -0.2) is 9.29 Å². The van der Waals surface area contributed by atoms with Crippen molar-refractivity contribution < 1.29 is 23.5 Å². The first-order valence-corrected chi connectivity index (χ1v) is 9.68. The van der Waals surface area contributed by atoms with Crippen LogP contribution in [0.1, 0.15) is 32.6 Å². The zero-order valence-electron chi connectivity index (χ0n) is 14.1. The summed E-state index contributed by atoms with van der Waals surface area (Å²) in [7, 11) is 0. The molecule has 8 heteroatoms. The normalized spacial score (nSPS) is 17.0. The van der Waals surface area contributed by atoms with E-state index in [-0.39, 0.29) is 23.1 Å². The highest BCUT2D eigenvalue weighted by Gasteiger charge is 2.41. The zero-order chi connectivity index (χ0) is 18.8. The lowest BCUT2D eigenvalue weighted by molar-refractivity contribution is -0.139. The van der Waals surface area contributed by atoms with Crippen molar-refractivity contribution in [3.63, 3.8) is 0 Å². The first-order chi connectivity index (χ1) is 12.4. The Morgan fingerprint density at radius 1 is 1.23 bits per heavy atom. The van der Waals surface area contributed by atoms with E-state index >= 15 is 0 Å². The molecule has 0 atom stereocenters. The smallest absolute Gasteiger partial charge is 0.316 e. The van der Waals surface area contributed by atoms with Gasteiger partial charge in [0.25, 0.3) is 11.8 Å². The van der Waals surface area contributed by atoms with E-state index in [1.807, 2.05) is 0 Å². The van der Waals surface area contributed by atoms with Crippen LogP contribution in [0, 0.1) is 5.82 Å². The van der Waals surface area contributed by atoms with Gasteiger partial charge in [-0.2, -0.15) is 0 Å². The standard InChI is InChI=1S/C18H17ClFNO4S/c1-2-25-16(22)9-26-15-8-14(13(20)7-12(15)19)21-17(23)10-5-3-4-6-11(10)18(21)24/h7-8H,2-6,9H2,1H3. The summed E-state index contributed by atoms with van der Waals surface area (Å²) in [6.07, 6.45) is 2.76. The van der Waals surface area contributed by atoms with Crippen molar-refractivity contribution in [3.05, 3.63) is 34.1 Å². The number of carbonyl (C=O) groups excluding carboxylic acids is 3. The number of hydrogen-bond donors (Lipinski definition) is 0. The Kier molecular flexibility index (Phi) is 5.67. The number of ether oxygens (including phenoxy) is 1. The second-order valence-corrected chi connectivity index (χ2v) is 7.36. The minimum Gasteiger partial charge on any atom is -0.465 e. The van der Waals surface area contributed by atoms with Gasteiger partial charge in [-0.05, 0) is 44.7 Å².